The van der Waals surface area contributed by atoms with Gasteiger partial charge in [0.25, 0.3) is 5.91 Å². The minimum Gasteiger partial charge on any atom is -0.377 e. The first-order valence-electron chi connectivity index (χ1n) is 9.18. The Hall–Kier alpha value is -3.13. The Kier molecular flexibility index (Phi) is 4.87. The number of benzene rings is 1. The zero-order chi connectivity index (χ0) is 19.7. The number of amides is 1. The van der Waals surface area contributed by atoms with Crippen molar-refractivity contribution in [1.29, 1.82) is 0 Å². The summed E-state index contributed by atoms with van der Waals surface area (Å²) in [5, 5.41) is 8.46. The number of carbonyl (C=O) groups is 1. The number of rotatable bonds is 4. The van der Waals surface area contributed by atoms with Crippen LogP contribution >= 0.6 is 0 Å². The van der Waals surface area contributed by atoms with Crippen molar-refractivity contribution in [3.63, 3.8) is 0 Å². The highest BCUT2D eigenvalue weighted by atomic mass is 16.5. The normalized spacial score (nSPS) is 16.1. The molecule has 0 fully saturated rings. The number of ether oxygens (including phenoxy) is 1. The summed E-state index contributed by atoms with van der Waals surface area (Å²) in [4.78, 5) is 23.9. The second-order valence-corrected chi connectivity index (χ2v) is 6.92. The average Bonchev–Trinajstić information content (AvgIpc) is 3.12. The highest BCUT2D eigenvalue weighted by Gasteiger charge is 2.31. The molecule has 0 saturated heterocycles. The average molecular weight is 378 g/mol. The zero-order valence-corrected chi connectivity index (χ0v) is 16.2. The van der Waals surface area contributed by atoms with Crippen molar-refractivity contribution in [1.82, 2.24) is 29.6 Å². The largest absolute Gasteiger partial charge is 0.377 e. The first kappa shape index (κ1) is 18.2. The number of nitrogens with zero attached hydrogens (tertiary/aromatic N) is 6. The number of hydrogen-bond acceptors (Lipinski definition) is 6. The van der Waals surface area contributed by atoms with Crippen molar-refractivity contribution in [2.24, 2.45) is 0 Å². The van der Waals surface area contributed by atoms with Gasteiger partial charge in [0.2, 0.25) is 0 Å². The van der Waals surface area contributed by atoms with Gasteiger partial charge in [-0.3, -0.25) is 4.79 Å². The molecule has 4 rings (SSSR count). The Morgan fingerprint density at radius 3 is 2.79 bits per heavy atom. The maximum atomic E-state index is 13.4. The molecule has 3 aromatic rings. The van der Waals surface area contributed by atoms with Crippen LogP contribution in [0.3, 0.4) is 0 Å². The molecule has 0 spiro atoms. The van der Waals surface area contributed by atoms with Crippen LogP contribution in [0.1, 0.15) is 40.8 Å². The van der Waals surface area contributed by atoms with Crippen LogP contribution in [-0.4, -0.2) is 49.2 Å². The Balaban J connectivity index is 1.67. The number of aryl methyl sites for hydroxylation is 1. The smallest absolute Gasteiger partial charge is 0.258 e. The SMILES string of the molecule is COCc1nnc2n1[C@@H](C)CN(C(=O)c1cnc(C)nc1-c1ccccc1)C2. The summed E-state index contributed by atoms with van der Waals surface area (Å²) in [5.74, 6) is 2.06. The quantitative estimate of drug-likeness (QED) is 0.693. The van der Waals surface area contributed by atoms with Gasteiger partial charge < -0.3 is 14.2 Å². The predicted octanol–water partition coefficient (Wildman–Crippen LogP) is 2.41. The van der Waals surface area contributed by atoms with E-state index in [2.05, 4.69) is 31.7 Å². The number of hydrogen-bond donors (Lipinski definition) is 0. The van der Waals surface area contributed by atoms with Crippen molar-refractivity contribution >= 4 is 5.91 Å². The van der Waals surface area contributed by atoms with Gasteiger partial charge in [0, 0.05) is 25.4 Å². The van der Waals surface area contributed by atoms with E-state index in [-0.39, 0.29) is 11.9 Å². The summed E-state index contributed by atoms with van der Waals surface area (Å²) in [6.07, 6.45) is 1.62. The monoisotopic (exact) mass is 378 g/mol. The molecular weight excluding hydrogens is 356 g/mol. The maximum absolute atomic E-state index is 13.4. The second-order valence-electron chi connectivity index (χ2n) is 6.92. The summed E-state index contributed by atoms with van der Waals surface area (Å²) in [5.41, 5.74) is 2.04. The first-order valence-corrected chi connectivity index (χ1v) is 9.18. The van der Waals surface area contributed by atoms with Crippen LogP contribution in [0.25, 0.3) is 11.3 Å². The standard InChI is InChI=1S/C20H22N6O2/c1-13-10-25(11-17-23-24-18(12-28-3)26(13)17)20(27)16-9-21-14(2)22-19(16)15-7-5-4-6-8-15/h4-9,13H,10-12H2,1-3H3/t13-/m0/s1. The fourth-order valence-corrected chi connectivity index (χ4v) is 3.61. The van der Waals surface area contributed by atoms with E-state index in [4.69, 9.17) is 4.74 Å². The van der Waals surface area contributed by atoms with E-state index in [0.29, 0.717) is 36.8 Å². The molecule has 1 aromatic carbocycles. The highest BCUT2D eigenvalue weighted by molar-refractivity contribution is 5.99. The van der Waals surface area contributed by atoms with Gasteiger partial charge in [-0.15, -0.1) is 10.2 Å². The van der Waals surface area contributed by atoms with Crippen LogP contribution in [0.15, 0.2) is 36.5 Å². The minimum atomic E-state index is -0.103. The van der Waals surface area contributed by atoms with Crippen molar-refractivity contribution in [2.45, 2.75) is 33.0 Å². The van der Waals surface area contributed by atoms with E-state index in [1.807, 2.05) is 37.3 Å². The molecule has 0 bridgehead atoms. The van der Waals surface area contributed by atoms with Crippen molar-refractivity contribution < 1.29 is 9.53 Å². The lowest BCUT2D eigenvalue weighted by Gasteiger charge is -2.32. The summed E-state index contributed by atoms with van der Waals surface area (Å²) < 4.78 is 7.25. The lowest BCUT2D eigenvalue weighted by molar-refractivity contribution is 0.0675. The molecule has 1 amide bonds. The van der Waals surface area contributed by atoms with Crippen molar-refractivity contribution in [3.8, 4) is 11.3 Å². The molecule has 1 aliphatic heterocycles. The van der Waals surface area contributed by atoms with Crippen molar-refractivity contribution in [3.05, 3.63) is 59.6 Å². The Labute approximate surface area is 163 Å². The molecule has 8 heteroatoms. The van der Waals surface area contributed by atoms with Crippen LogP contribution in [0, 0.1) is 6.92 Å². The minimum absolute atomic E-state index is 0.0550. The van der Waals surface area contributed by atoms with Gasteiger partial charge >= 0.3 is 0 Å². The first-order chi connectivity index (χ1) is 13.6. The molecule has 28 heavy (non-hydrogen) atoms. The molecule has 0 unspecified atom stereocenters. The van der Waals surface area contributed by atoms with E-state index >= 15 is 0 Å². The van der Waals surface area contributed by atoms with E-state index in [1.165, 1.54) is 0 Å². The second kappa shape index (κ2) is 7.47. The van der Waals surface area contributed by atoms with Gasteiger partial charge in [-0.2, -0.15) is 0 Å². The van der Waals surface area contributed by atoms with Gasteiger partial charge in [0.15, 0.2) is 11.6 Å². The molecule has 0 aliphatic carbocycles. The Bertz CT molecular complexity index is 1000. The highest BCUT2D eigenvalue weighted by Crippen LogP contribution is 2.27. The van der Waals surface area contributed by atoms with Crippen molar-refractivity contribution in [2.75, 3.05) is 13.7 Å². The van der Waals surface area contributed by atoms with E-state index < -0.39 is 0 Å². The molecule has 0 radical (unpaired) electrons. The topological polar surface area (TPSA) is 86.0 Å². The van der Waals surface area contributed by atoms with E-state index in [9.17, 15) is 4.79 Å². The van der Waals surface area contributed by atoms with E-state index in [1.54, 1.807) is 18.2 Å². The summed E-state index contributed by atoms with van der Waals surface area (Å²) in [6, 6.07) is 9.76. The zero-order valence-electron chi connectivity index (χ0n) is 16.2. The lowest BCUT2D eigenvalue weighted by atomic mass is 10.1. The van der Waals surface area contributed by atoms with Gasteiger partial charge in [-0.05, 0) is 13.8 Å². The third-order valence-electron chi connectivity index (χ3n) is 4.84. The summed E-state index contributed by atoms with van der Waals surface area (Å²) >= 11 is 0. The van der Waals surface area contributed by atoms with Crippen LogP contribution < -0.4 is 0 Å². The maximum Gasteiger partial charge on any atom is 0.258 e. The molecule has 1 aliphatic rings. The fraction of sp³-hybridized carbons (Fsp3) is 0.350. The molecule has 1 atom stereocenters. The number of carbonyl (C=O) groups excluding carboxylic acids is 1. The third kappa shape index (κ3) is 3.27. The fourth-order valence-electron chi connectivity index (χ4n) is 3.61. The van der Waals surface area contributed by atoms with Crippen LogP contribution in [0.2, 0.25) is 0 Å². The Morgan fingerprint density at radius 2 is 2.04 bits per heavy atom. The predicted molar refractivity (Wildman–Crippen MR) is 102 cm³/mol. The molecule has 0 N–H and O–H groups in total. The van der Waals surface area contributed by atoms with Crippen LogP contribution in [0.5, 0.6) is 0 Å². The number of fused-ring (bicyclic) bond motifs is 1. The van der Waals surface area contributed by atoms with Crippen LogP contribution in [-0.2, 0) is 17.9 Å². The summed E-state index contributed by atoms with van der Waals surface area (Å²) in [7, 11) is 1.63. The summed E-state index contributed by atoms with van der Waals surface area (Å²) in [6.45, 7) is 5.22. The molecule has 3 heterocycles. The molecule has 2 aromatic heterocycles. The lowest BCUT2D eigenvalue weighted by Crippen LogP contribution is -2.41. The van der Waals surface area contributed by atoms with Gasteiger partial charge in [0.1, 0.15) is 12.4 Å². The van der Waals surface area contributed by atoms with Gasteiger partial charge in [-0.1, -0.05) is 30.3 Å². The molecule has 144 valence electrons. The molecular formula is C20H22N6O2. The van der Waals surface area contributed by atoms with Gasteiger partial charge in [-0.25, -0.2) is 9.97 Å². The number of aromatic nitrogens is 5. The van der Waals surface area contributed by atoms with E-state index in [0.717, 1.165) is 17.2 Å². The number of methoxy groups -OCH3 is 1. The van der Waals surface area contributed by atoms with Crippen LogP contribution in [0.4, 0.5) is 0 Å². The molecule has 8 nitrogen and oxygen atoms in total. The Morgan fingerprint density at radius 1 is 1.25 bits per heavy atom. The molecule has 0 saturated carbocycles. The third-order valence-corrected chi connectivity index (χ3v) is 4.84. The van der Waals surface area contributed by atoms with Gasteiger partial charge in [0.05, 0.1) is 23.8 Å².